The number of imidazole rings is 1. The van der Waals surface area contributed by atoms with Gasteiger partial charge in [0, 0.05) is 52.0 Å². The van der Waals surface area contributed by atoms with Gasteiger partial charge in [0.25, 0.3) is 17.7 Å². The molecule has 37 heavy (non-hydrogen) atoms. The van der Waals surface area contributed by atoms with Crippen molar-refractivity contribution in [1.29, 1.82) is 0 Å². The fourth-order valence-electron chi connectivity index (χ4n) is 5.22. The van der Waals surface area contributed by atoms with E-state index in [4.69, 9.17) is 11.5 Å². The minimum absolute atomic E-state index is 0.0472. The van der Waals surface area contributed by atoms with Crippen LogP contribution < -0.4 is 27.4 Å². The van der Waals surface area contributed by atoms with Gasteiger partial charge in [0.2, 0.25) is 0 Å². The maximum absolute atomic E-state index is 12.8. The zero-order valence-corrected chi connectivity index (χ0v) is 22.4. The van der Waals surface area contributed by atoms with Gasteiger partial charge in [-0.1, -0.05) is 0 Å². The monoisotopic (exact) mass is 634 g/mol. The zero-order valence-electron chi connectivity index (χ0n) is 19.2. The highest BCUT2D eigenvalue weighted by atomic mass is 79.9. The van der Waals surface area contributed by atoms with E-state index >= 15 is 0 Å². The Kier molecular flexibility index (Phi) is 6.81. The van der Waals surface area contributed by atoms with Crippen molar-refractivity contribution in [3.8, 4) is 0 Å². The Balaban J connectivity index is 1.41. The minimum Gasteiger partial charge on any atom is -0.370 e. The van der Waals surface area contributed by atoms with E-state index in [-0.39, 0.29) is 66.4 Å². The van der Waals surface area contributed by atoms with Crippen LogP contribution in [0.25, 0.3) is 0 Å². The lowest BCUT2D eigenvalue weighted by Crippen LogP contribution is -2.59. The summed E-state index contributed by atoms with van der Waals surface area (Å²) in [6.45, 7) is 0.520. The summed E-state index contributed by atoms with van der Waals surface area (Å²) in [4.78, 5) is 55.6. The third-order valence-corrected chi connectivity index (χ3v) is 7.75. The van der Waals surface area contributed by atoms with Crippen molar-refractivity contribution in [1.82, 2.24) is 35.9 Å². The highest BCUT2D eigenvalue weighted by Gasteiger charge is 2.57. The Morgan fingerprint density at radius 1 is 0.973 bits per heavy atom. The predicted octanol–water partition coefficient (Wildman–Crippen LogP) is 0.792. The van der Waals surface area contributed by atoms with Crippen LogP contribution in [-0.4, -0.2) is 62.7 Å². The molecule has 0 saturated heterocycles. The average molecular weight is 636 g/mol. The first kappa shape index (κ1) is 25.1. The Labute approximate surface area is 227 Å². The van der Waals surface area contributed by atoms with Crippen LogP contribution in [0, 0.1) is 17.8 Å². The number of hydrogen-bond acceptors (Lipinski definition) is 7. The summed E-state index contributed by atoms with van der Waals surface area (Å²) in [6.07, 6.45) is 4.95. The van der Waals surface area contributed by atoms with Crippen molar-refractivity contribution in [3.05, 3.63) is 56.8 Å². The molecule has 4 heterocycles. The largest absolute Gasteiger partial charge is 0.370 e. The number of hydrogen-bond donors (Lipinski definition) is 8. The molecule has 13 nitrogen and oxygen atoms in total. The Hall–Kier alpha value is -3.59. The summed E-state index contributed by atoms with van der Waals surface area (Å²) in [5, 5.41) is 8.47. The molecular weight excluding hydrogens is 612 g/mol. The minimum atomic E-state index is -0.762. The summed E-state index contributed by atoms with van der Waals surface area (Å²) in [7, 11) is 0. The van der Waals surface area contributed by atoms with Crippen LogP contribution in [0.4, 0.5) is 5.95 Å². The Bertz CT molecular complexity index is 1380. The maximum atomic E-state index is 12.8. The number of H-pyrrole nitrogens is 3. The molecule has 5 atom stereocenters. The number of anilines is 1. The molecule has 1 fully saturated rings. The highest BCUT2D eigenvalue weighted by molar-refractivity contribution is 9.10. The molecule has 194 valence electrons. The lowest BCUT2D eigenvalue weighted by molar-refractivity contribution is -0.124. The van der Waals surface area contributed by atoms with Crippen molar-refractivity contribution in [2.24, 2.45) is 28.5 Å². The Morgan fingerprint density at radius 3 is 2.03 bits per heavy atom. The van der Waals surface area contributed by atoms with E-state index in [0.717, 1.165) is 8.95 Å². The van der Waals surface area contributed by atoms with Crippen molar-refractivity contribution in [3.63, 3.8) is 0 Å². The molecule has 15 heteroatoms. The van der Waals surface area contributed by atoms with Crippen LogP contribution in [0.3, 0.4) is 0 Å². The number of aromatic nitrogens is 4. The van der Waals surface area contributed by atoms with E-state index in [2.05, 4.69) is 72.7 Å². The summed E-state index contributed by atoms with van der Waals surface area (Å²) in [5.74, 6) is -1.60. The van der Waals surface area contributed by atoms with Crippen LogP contribution >= 0.6 is 31.9 Å². The molecule has 5 rings (SSSR count). The van der Waals surface area contributed by atoms with Gasteiger partial charge in [-0.3, -0.25) is 19.7 Å². The van der Waals surface area contributed by atoms with Gasteiger partial charge in [-0.2, -0.15) is 0 Å². The second-order valence-electron chi connectivity index (χ2n) is 8.99. The fraction of sp³-hybridized carbons (Fsp3) is 0.318. The van der Waals surface area contributed by atoms with Gasteiger partial charge in [-0.25, -0.2) is 9.98 Å². The van der Waals surface area contributed by atoms with Crippen molar-refractivity contribution in [2.45, 2.75) is 12.0 Å². The van der Waals surface area contributed by atoms with Crippen molar-refractivity contribution < 1.29 is 14.4 Å². The second kappa shape index (κ2) is 10.0. The number of carbonyl (C=O) groups excluding carboxylic acids is 3. The molecule has 2 aliphatic rings. The molecule has 1 saturated carbocycles. The molecular formula is C22H24Br2N10O3. The van der Waals surface area contributed by atoms with Crippen molar-refractivity contribution >= 4 is 61.5 Å². The fourth-order valence-corrected chi connectivity index (χ4v) is 5.91. The van der Waals surface area contributed by atoms with E-state index < -0.39 is 6.04 Å². The first-order valence-corrected chi connectivity index (χ1v) is 13.0. The van der Waals surface area contributed by atoms with Crippen LogP contribution in [0.2, 0.25) is 0 Å². The smallest absolute Gasteiger partial charge is 0.267 e. The number of carbonyl (C=O) groups is 3. The summed E-state index contributed by atoms with van der Waals surface area (Å²) >= 11 is 6.65. The number of halogens is 2. The topological polar surface area (TPSA) is 212 Å². The van der Waals surface area contributed by atoms with E-state index in [1.165, 1.54) is 0 Å². The molecule has 0 spiro atoms. The normalized spacial score (nSPS) is 24.8. The van der Waals surface area contributed by atoms with Crippen LogP contribution in [0.5, 0.6) is 0 Å². The summed E-state index contributed by atoms with van der Waals surface area (Å²) < 4.78 is 1.51. The van der Waals surface area contributed by atoms with E-state index in [1.54, 1.807) is 30.7 Å². The van der Waals surface area contributed by atoms with Crippen molar-refractivity contribution in [2.75, 3.05) is 18.8 Å². The molecule has 0 aromatic carbocycles. The number of nitrogens with zero attached hydrogens (tertiary/aromatic N) is 2. The third kappa shape index (κ3) is 5.00. The van der Waals surface area contributed by atoms with Gasteiger partial charge in [-0.15, -0.1) is 0 Å². The standard InChI is InChI=1S/C22H24Br2N10O3/c23-8-1-12(27-3-8)18(35)29-5-10-11(6-30-19(36)13-2-9(24)4-28-13)16(17-20(37)34-22(26)33-17)15(10)14-7-31-21(25)32-14/h1-4,7,10-11,15-17,27-28H,5-6H2,(H,29,35)(H,30,36)(H3,25,31,32)(H3,26,33,34,37)/t10-,11-,15?,16+,17?/m1/s1. The molecule has 2 unspecified atom stereocenters. The van der Waals surface area contributed by atoms with Gasteiger partial charge >= 0.3 is 0 Å². The zero-order chi connectivity index (χ0) is 26.3. The molecule has 1 aliphatic heterocycles. The molecule has 3 aromatic rings. The number of guanidine groups is 1. The molecule has 1 aliphatic carbocycles. The van der Waals surface area contributed by atoms with Crippen LogP contribution in [0.1, 0.15) is 32.6 Å². The average Bonchev–Trinajstić information content (AvgIpc) is 3.63. The van der Waals surface area contributed by atoms with Gasteiger partial charge in [-0.05, 0) is 55.8 Å². The first-order chi connectivity index (χ1) is 17.7. The SMILES string of the molecule is NC1=NC([C@@H]2C(c3cnc(N)[nH]3)[C@H](CNC(=O)c3cc(Br)c[nH]3)[C@H]2CNC(=O)c2cc(Br)c[nH]2)C(=O)N1. The third-order valence-electron chi connectivity index (χ3n) is 6.84. The lowest BCUT2D eigenvalue weighted by atomic mass is 9.53. The van der Waals surface area contributed by atoms with E-state index in [1.807, 2.05) is 0 Å². The number of rotatable bonds is 8. The molecule has 0 bridgehead atoms. The van der Waals surface area contributed by atoms with Gasteiger partial charge in [0.1, 0.15) is 17.4 Å². The predicted molar refractivity (Wildman–Crippen MR) is 141 cm³/mol. The summed E-state index contributed by atoms with van der Waals surface area (Å²) in [6, 6.07) is 2.59. The van der Waals surface area contributed by atoms with Crippen LogP contribution in [0.15, 0.2) is 44.7 Å². The number of nitrogens with two attached hydrogens (primary N) is 2. The Morgan fingerprint density at radius 2 is 1.57 bits per heavy atom. The molecule has 10 N–H and O–H groups in total. The molecule has 3 aromatic heterocycles. The number of nitrogen functional groups attached to an aromatic ring is 1. The number of nitrogens with one attached hydrogen (secondary N) is 6. The highest BCUT2D eigenvalue weighted by Crippen LogP contribution is 2.54. The lowest BCUT2D eigenvalue weighted by Gasteiger charge is -2.53. The van der Waals surface area contributed by atoms with Gasteiger partial charge in [0.05, 0.1) is 6.20 Å². The number of aliphatic imine (C=N–C) groups is 1. The van der Waals surface area contributed by atoms with Gasteiger partial charge in [0.15, 0.2) is 11.9 Å². The first-order valence-electron chi connectivity index (χ1n) is 11.4. The molecule has 0 radical (unpaired) electrons. The number of amides is 3. The second-order valence-corrected chi connectivity index (χ2v) is 10.8. The summed E-state index contributed by atoms with van der Waals surface area (Å²) in [5.41, 5.74) is 13.2. The quantitative estimate of drug-likeness (QED) is 0.179. The number of aromatic amines is 3. The van der Waals surface area contributed by atoms with E-state index in [9.17, 15) is 14.4 Å². The molecule has 3 amide bonds. The maximum Gasteiger partial charge on any atom is 0.267 e. The van der Waals surface area contributed by atoms with E-state index in [0.29, 0.717) is 17.1 Å². The van der Waals surface area contributed by atoms with Gasteiger partial charge < -0.3 is 37.1 Å². The van der Waals surface area contributed by atoms with Crippen LogP contribution in [-0.2, 0) is 4.79 Å².